The predicted octanol–water partition coefficient (Wildman–Crippen LogP) is 2.48. The highest BCUT2D eigenvalue weighted by Gasteiger charge is 2.29. The lowest BCUT2D eigenvalue weighted by Crippen LogP contribution is -2.51. The average molecular weight is 319 g/mol. The smallest absolute Gasteiger partial charge is 0.408 e. The molecule has 0 saturated heterocycles. The van der Waals surface area contributed by atoms with Crippen molar-refractivity contribution in [2.24, 2.45) is 0 Å². The minimum atomic E-state index is -0.889. The van der Waals surface area contributed by atoms with E-state index in [0.29, 0.717) is 0 Å². The van der Waals surface area contributed by atoms with E-state index < -0.39 is 29.9 Å². The normalized spacial score (nSPS) is 15.1. The highest BCUT2D eigenvalue weighted by atomic mass is 16.6. The number of carbonyl (C=O) groups is 1. The van der Waals surface area contributed by atoms with Crippen molar-refractivity contribution in [2.75, 3.05) is 0 Å². The zero-order chi connectivity index (χ0) is 17.5. The quantitative estimate of drug-likeness (QED) is 0.791. The molecule has 0 aliphatic heterocycles. The fourth-order valence-corrected chi connectivity index (χ4v) is 1.91. The third-order valence-corrected chi connectivity index (χ3v) is 2.97. The number of rotatable bonds is 6. The van der Waals surface area contributed by atoms with Crippen LogP contribution in [-0.2, 0) is 16.1 Å². The van der Waals surface area contributed by atoms with Gasteiger partial charge in [0.05, 0.1) is 18.8 Å². The summed E-state index contributed by atoms with van der Waals surface area (Å²) in [6.07, 6.45) is 3.19. The topological polar surface area (TPSA) is 67.8 Å². The van der Waals surface area contributed by atoms with Crippen molar-refractivity contribution >= 4 is 6.09 Å². The lowest BCUT2D eigenvalue weighted by Gasteiger charge is -2.28. The van der Waals surface area contributed by atoms with Gasteiger partial charge in [0.15, 0.2) is 0 Å². The second kappa shape index (κ2) is 8.56. The molecule has 1 aromatic carbocycles. The van der Waals surface area contributed by atoms with Crippen LogP contribution in [0.3, 0.4) is 0 Å². The van der Waals surface area contributed by atoms with E-state index in [1.54, 1.807) is 20.8 Å². The average Bonchev–Trinajstić information content (AvgIpc) is 2.45. The van der Waals surface area contributed by atoms with Gasteiger partial charge in [0.25, 0.3) is 0 Å². The van der Waals surface area contributed by atoms with Gasteiger partial charge < -0.3 is 19.9 Å². The first-order chi connectivity index (χ1) is 10.7. The third-order valence-electron chi connectivity index (χ3n) is 2.97. The summed E-state index contributed by atoms with van der Waals surface area (Å²) in [6.45, 7) is 7.10. The van der Waals surface area contributed by atoms with Gasteiger partial charge in [0.1, 0.15) is 11.7 Å². The van der Waals surface area contributed by atoms with Crippen LogP contribution in [0.15, 0.2) is 30.3 Å². The highest BCUT2D eigenvalue weighted by Crippen LogP contribution is 2.11. The first-order valence-electron chi connectivity index (χ1n) is 7.52. The highest BCUT2D eigenvalue weighted by molar-refractivity contribution is 5.68. The van der Waals surface area contributed by atoms with Crippen molar-refractivity contribution in [3.63, 3.8) is 0 Å². The monoisotopic (exact) mass is 319 g/mol. The van der Waals surface area contributed by atoms with Gasteiger partial charge in [0.2, 0.25) is 0 Å². The standard InChI is InChI=1S/C18H25NO4/c1-6-15(22-12-14-10-8-7-9-11-14)16(13(2)20)19-17(21)23-18(3,4)5/h1,7-11,13,15-16,20H,12H2,2-5H3,(H,19,21)/t13-,15-,16+/m1/s1. The van der Waals surface area contributed by atoms with E-state index in [1.807, 2.05) is 30.3 Å². The first kappa shape index (κ1) is 19.0. The molecule has 5 heteroatoms. The molecule has 0 unspecified atom stereocenters. The molecule has 0 aromatic heterocycles. The molecule has 0 saturated carbocycles. The minimum Gasteiger partial charge on any atom is -0.444 e. The number of hydrogen-bond acceptors (Lipinski definition) is 4. The Bertz CT molecular complexity index is 528. The summed E-state index contributed by atoms with van der Waals surface area (Å²) in [7, 11) is 0. The molecule has 0 radical (unpaired) electrons. The summed E-state index contributed by atoms with van der Waals surface area (Å²) in [4.78, 5) is 11.9. The van der Waals surface area contributed by atoms with E-state index in [1.165, 1.54) is 6.92 Å². The maximum absolute atomic E-state index is 11.9. The van der Waals surface area contributed by atoms with Gasteiger partial charge >= 0.3 is 6.09 Å². The van der Waals surface area contributed by atoms with E-state index in [4.69, 9.17) is 15.9 Å². The van der Waals surface area contributed by atoms with Crippen LogP contribution in [0.1, 0.15) is 33.3 Å². The summed E-state index contributed by atoms with van der Waals surface area (Å²) in [6, 6.07) is 8.76. The molecule has 0 spiro atoms. The van der Waals surface area contributed by atoms with Gasteiger partial charge in [-0.15, -0.1) is 6.42 Å². The second-order valence-electron chi connectivity index (χ2n) is 6.30. The molecule has 0 bridgehead atoms. The summed E-state index contributed by atoms with van der Waals surface area (Å²) in [5.41, 5.74) is 0.318. The summed E-state index contributed by atoms with van der Waals surface area (Å²) in [5.74, 6) is 2.47. The zero-order valence-corrected chi connectivity index (χ0v) is 14.1. The fourth-order valence-electron chi connectivity index (χ4n) is 1.91. The second-order valence-corrected chi connectivity index (χ2v) is 6.30. The maximum atomic E-state index is 11.9. The molecule has 1 rings (SSSR count). The number of carbonyl (C=O) groups excluding carboxylic acids is 1. The number of ether oxygens (including phenoxy) is 2. The predicted molar refractivity (Wildman–Crippen MR) is 88.7 cm³/mol. The number of aliphatic hydroxyl groups excluding tert-OH is 1. The molecule has 0 fully saturated rings. The van der Waals surface area contributed by atoms with Crippen molar-refractivity contribution in [1.29, 1.82) is 0 Å². The number of amides is 1. The van der Waals surface area contributed by atoms with Crippen LogP contribution >= 0.6 is 0 Å². The first-order valence-corrected chi connectivity index (χ1v) is 7.52. The Kier molecular flexibility index (Phi) is 7.08. The van der Waals surface area contributed by atoms with Crippen molar-refractivity contribution in [1.82, 2.24) is 5.32 Å². The Hall–Kier alpha value is -2.03. The lowest BCUT2D eigenvalue weighted by atomic mass is 10.1. The van der Waals surface area contributed by atoms with Crippen LogP contribution in [-0.4, -0.2) is 35.1 Å². The van der Waals surface area contributed by atoms with Crippen molar-refractivity contribution in [2.45, 2.75) is 58.2 Å². The molecule has 2 N–H and O–H groups in total. The Balaban J connectivity index is 2.69. The van der Waals surface area contributed by atoms with Gasteiger partial charge in [0, 0.05) is 0 Å². The fraction of sp³-hybridized carbons (Fsp3) is 0.500. The molecular weight excluding hydrogens is 294 g/mol. The molecule has 0 heterocycles. The number of hydrogen-bond donors (Lipinski definition) is 2. The minimum absolute atomic E-state index is 0.287. The van der Waals surface area contributed by atoms with Gasteiger partial charge in [-0.2, -0.15) is 0 Å². The number of benzene rings is 1. The van der Waals surface area contributed by atoms with E-state index in [0.717, 1.165) is 5.56 Å². The van der Waals surface area contributed by atoms with Crippen molar-refractivity contribution < 1.29 is 19.4 Å². The molecule has 0 aliphatic carbocycles. The third kappa shape index (κ3) is 7.18. The van der Waals surface area contributed by atoms with Gasteiger partial charge in [-0.25, -0.2) is 4.79 Å². The van der Waals surface area contributed by atoms with Crippen LogP contribution < -0.4 is 5.32 Å². The number of aliphatic hydroxyl groups is 1. The molecular formula is C18H25NO4. The number of alkyl carbamates (subject to hydrolysis) is 1. The molecule has 3 atom stereocenters. The number of terminal acetylenes is 1. The molecule has 0 aliphatic rings. The zero-order valence-electron chi connectivity index (χ0n) is 14.1. The van der Waals surface area contributed by atoms with Crippen LogP contribution in [0, 0.1) is 12.3 Å². The van der Waals surface area contributed by atoms with Crippen LogP contribution in [0.5, 0.6) is 0 Å². The van der Waals surface area contributed by atoms with E-state index in [-0.39, 0.29) is 6.61 Å². The van der Waals surface area contributed by atoms with E-state index >= 15 is 0 Å². The van der Waals surface area contributed by atoms with Crippen LogP contribution in [0.25, 0.3) is 0 Å². The van der Waals surface area contributed by atoms with Gasteiger partial charge in [-0.3, -0.25) is 0 Å². The largest absolute Gasteiger partial charge is 0.444 e. The van der Waals surface area contributed by atoms with Crippen LogP contribution in [0.4, 0.5) is 4.79 Å². The lowest BCUT2D eigenvalue weighted by molar-refractivity contribution is 0.000285. The summed E-state index contributed by atoms with van der Waals surface area (Å²) >= 11 is 0. The summed E-state index contributed by atoms with van der Waals surface area (Å²) < 4.78 is 10.9. The van der Waals surface area contributed by atoms with Crippen LogP contribution in [0.2, 0.25) is 0 Å². The van der Waals surface area contributed by atoms with Gasteiger partial charge in [-0.1, -0.05) is 36.3 Å². The number of nitrogens with one attached hydrogen (secondary N) is 1. The summed E-state index contributed by atoms with van der Waals surface area (Å²) in [5, 5.41) is 12.5. The Morgan fingerprint density at radius 1 is 1.35 bits per heavy atom. The molecule has 1 aromatic rings. The van der Waals surface area contributed by atoms with E-state index in [9.17, 15) is 9.90 Å². The maximum Gasteiger partial charge on any atom is 0.408 e. The molecule has 23 heavy (non-hydrogen) atoms. The van der Waals surface area contributed by atoms with Gasteiger partial charge in [-0.05, 0) is 33.3 Å². The molecule has 5 nitrogen and oxygen atoms in total. The van der Waals surface area contributed by atoms with Crippen molar-refractivity contribution in [3.05, 3.63) is 35.9 Å². The van der Waals surface area contributed by atoms with Crippen molar-refractivity contribution in [3.8, 4) is 12.3 Å². The van der Waals surface area contributed by atoms with E-state index in [2.05, 4.69) is 11.2 Å². The Morgan fingerprint density at radius 2 is 1.96 bits per heavy atom. The Morgan fingerprint density at radius 3 is 2.43 bits per heavy atom. The Labute approximate surface area is 138 Å². The SMILES string of the molecule is C#C[C@@H](OCc1ccccc1)[C@@H](NC(=O)OC(C)(C)C)[C@@H](C)O. The molecule has 1 amide bonds. The molecule has 126 valence electrons.